The lowest BCUT2D eigenvalue weighted by Gasteiger charge is -2.41. The predicted molar refractivity (Wildman–Crippen MR) is 244 cm³/mol. The van der Waals surface area contributed by atoms with Crippen LogP contribution in [0.5, 0.6) is 5.75 Å². The summed E-state index contributed by atoms with van der Waals surface area (Å²) in [6, 6.07) is 3.67. The minimum atomic E-state index is -0.836. The molecular formula is C47H82N6O9. The van der Waals surface area contributed by atoms with E-state index in [-0.39, 0.29) is 78.9 Å². The first-order valence-corrected chi connectivity index (χ1v) is 22.7. The second kappa shape index (κ2) is 25.4. The van der Waals surface area contributed by atoms with E-state index >= 15 is 0 Å². The van der Waals surface area contributed by atoms with Gasteiger partial charge in [-0.05, 0) is 77.0 Å². The van der Waals surface area contributed by atoms with Gasteiger partial charge in [0.1, 0.15) is 11.6 Å². The molecule has 0 aromatic heterocycles. The van der Waals surface area contributed by atoms with Crippen LogP contribution in [0.1, 0.15) is 114 Å². The van der Waals surface area contributed by atoms with Gasteiger partial charge in [-0.3, -0.25) is 24.1 Å². The zero-order chi connectivity index (χ0) is 47.1. The van der Waals surface area contributed by atoms with Gasteiger partial charge in [-0.15, -0.1) is 0 Å². The lowest BCUT2D eigenvalue weighted by molar-refractivity contribution is -0.147. The summed E-state index contributed by atoms with van der Waals surface area (Å²) in [6.07, 6.45) is 1.26. The van der Waals surface area contributed by atoms with Crippen molar-refractivity contribution >= 4 is 35.5 Å². The van der Waals surface area contributed by atoms with E-state index in [1.54, 1.807) is 53.9 Å². The lowest BCUT2D eigenvalue weighted by Crippen LogP contribution is -2.60. The Labute approximate surface area is 373 Å². The maximum Gasteiger partial charge on any atom is 0.407 e. The van der Waals surface area contributed by atoms with Gasteiger partial charge in [-0.2, -0.15) is 0 Å². The minimum Gasteiger partial charge on any atom is -0.444 e. The van der Waals surface area contributed by atoms with Crippen LogP contribution in [0.3, 0.4) is 0 Å². The number of nitrogens with one attached hydrogen (secondary N) is 3. The summed E-state index contributed by atoms with van der Waals surface area (Å²) in [7, 11) is 6.82. The SMILES string of the molecule is CCC(=O)Oc1c(C)cccc1NC[C@@H](C)[C@@H](OC)[C@@H]1CCCN1C(=O)C[C@@H](OC)[C@H]([C@@H](C)CC)N(C)C(=O)[C@@H](NC(=O)[C@H](C(C)C)N(C)CCNC(=O)OC(C)(C)C)C(C)C. The molecule has 1 aliphatic rings. The number of hydrogen-bond acceptors (Lipinski definition) is 11. The van der Waals surface area contributed by atoms with Gasteiger partial charge in [0.25, 0.3) is 0 Å². The first kappa shape index (κ1) is 54.2. The van der Waals surface area contributed by atoms with Crippen molar-refractivity contribution in [2.24, 2.45) is 23.7 Å². The number of carbonyl (C=O) groups excluding carboxylic acids is 5. The zero-order valence-corrected chi connectivity index (χ0v) is 40.9. The Balaban J connectivity index is 2.24. The smallest absolute Gasteiger partial charge is 0.407 e. The topological polar surface area (TPSA) is 168 Å². The van der Waals surface area contributed by atoms with Crippen LogP contribution in [0, 0.1) is 30.6 Å². The van der Waals surface area contributed by atoms with Gasteiger partial charge in [0.2, 0.25) is 17.7 Å². The van der Waals surface area contributed by atoms with Gasteiger partial charge in [0.15, 0.2) is 5.75 Å². The van der Waals surface area contributed by atoms with Crippen molar-refractivity contribution in [1.82, 2.24) is 25.3 Å². The van der Waals surface area contributed by atoms with E-state index in [0.29, 0.717) is 25.4 Å². The molecule has 4 amide bonds. The van der Waals surface area contributed by atoms with Crippen LogP contribution in [0.25, 0.3) is 0 Å². The molecule has 1 fully saturated rings. The molecule has 0 unspecified atom stereocenters. The van der Waals surface area contributed by atoms with Gasteiger partial charge in [-0.25, -0.2) is 4.79 Å². The van der Waals surface area contributed by atoms with Gasteiger partial charge in [-0.1, -0.05) is 73.9 Å². The van der Waals surface area contributed by atoms with Crippen LogP contribution < -0.4 is 20.7 Å². The fourth-order valence-corrected chi connectivity index (χ4v) is 8.50. The molecule has 1 aromatic rings. The van der Waals surface area contributed by atoms with E-state index in [0.717, 1.165) is 30.5 Å². The number of benzene rings is 1. The molecule has 1 aromatic carbocycles. The molecule has 354 valence electrons. The van der Waals surface area contributed by atoms with Crippen molar-refractivity contribution < 1.29 is 42.9 Å². The molecule has 2 rings (SSSR count). The Bertz CT molecular complexity index is 1600. The van der Waals surface area contributed by atoms with E-state index in [1.807, 2.05) is 69.7 Å². The molecule has 8 atom stereocenters. The normalized spacial score (nSPS) is 17.8. The number of carbonyl (C=O) groups is 5. The Morgan fingerprint density at radius 3 is 2.15 bits per heavy atom. The minimum absolute atomic E-state index is 0.0179. The number of esters is 1. The largest absolute Gasteiger partial charge is 0.444 e. The second-order valence-electron chi connectivity index (χ2n) is 18.8. The van der Waals surface area contributed by atoms with E-state index in [1.165, 1.54) is 0 Å². The summed E-state index contributed by atoms with van der Waals surface area (Å²) in [6.45, 7) is 24.7. The highest BCUT2D eigenvalue weighted by Crippen LogP contribution is 2.32. The molecule has 0 saturated carbocycles. The van der Waals surface area contributed by atoms with E-state index in [9.17, 15) is 24.0 Å². The second-order valence-corrected chi connectivity index (χ2v) is 18.8. The summed E-state index contributed by atoms with van der Waals surface area (Å²) < 4.78 is 23.2. The number of anilines is 1. The van der Waals surface area contributed by atoms with Crippen LogP contribution >= 0.6 is 0 Å². The van der Waals surface area contributed by atoms with Gasteiger partial charge in [0.05, 0.1) is 42.4 Å². The number of nitrogens with zero attached hydrogens (tertiary/aromatic N) is 3. The quantitative estimate of drug-likeness (QED) is 0.0792. The highest BCUT2D eigenvalue weighted by Gasteiger charge is 2.42. The summed E-state index contributed by atoms with van der Waals surface area (Å²) in [4.78, 5) is 72.8. The van der Waals surface area contributed by atoms with E-state index < -0.39 is 35.9 Å². The van der Waals surface area contributed by atoms with Crippen LogP contribution in [-0.2, 0) is 33.4 Å². The van der Waals surface area contributed by atoms with Crippen LogP contribution in [0.4, 0.5) is 10.5 Å². The Hall–Kier alpha value is -3.95. The molecule has 1 aliphatic heterocycles. The number of hydrogen-bond donors (Lipinski definition) is 3. The molecule has 1 saturated heterocycles. The average Bonchev–Trinajstić information content (AvgIpc) is 3.68. The van der Waals surface area contributed by atoms with Gasteiger partial charge < -0.3 is 44.7 Å². The summed E-state index contributed by atoms with van der Waals surface area (Å²) in [5.41, 5.74) is 0.952. The number of amides is 4. The highest BCUT2D eigenvalue weighted by molar-refractivity contribution is 5.90. The Morgan fingerprint density at radius 1 is 0.935 bits per heavy atom. The fourth-order valence-electron chi connectivity index (χ4n) is 8.50. The van der Waals surface area contributed by atoms with Crippen LogP contribution in [0.2, 0.25) is 0 Å². The maximum atomic E-state index is 14.5. The fraction of sp³-hybridized carbons (Fsp3) is 0.766. The summed E-state index contributed by atoms with van der Waals surface area (Å²) in [5.74, 6) is -0.787. The molecule has 15 nitrogen and oxygen atoms in total. The molecule has 0 aliphatic carbocycles. The standard InChI is InChI=1S/C47H82N6O9/c1-17-31(7)41(52(14)45(57)39(29(3)4)50-44(56)40(30(5)6)51(13)26-24-48-46(58)62-47(10,11)12)36(59-15)27-37(54)53-25-20-23-35(53)43(60-16)33(9)28-49-34-22-19-21-32(8)42(34)61-38(55)18-2/h19,21-22,29-31,33,35-36,39-41,43,49H,17-18,20,23-28H2,1-16H3,(H,48,58)(H,50,56)/t31-,33+,35-,36+,39-,40-,41-,43+/m0/s1. The monoisotopic (exact) mass is 875 g/mol. The van der Waals surface area contributed by atoms with Gasteiger partial charge in [0, 0.05) is 59.8 Å². The Kier molecular flexibility index (Phi) is 22.2. The van der Waals surface area contributed by atoms with Gasteiger partial charge >= 0.3 is 12.1 Å². The van der Waals surface area contributed by atoms with Crippen molar-refractivity contribution in [3.05, 3.63) is 23.8 Å². The number of rotatable bonds is 24. The number of para-hydroxylation sites is 1. The number of likely N-dealkylation sites (N-methyl/N-ethyl adjacent to an activating group) is 2. The average molecular weight is 875 g/mol. The highest BCUT2D eigenvalue weighted by atomic mass is 16.6. The van der Waals surface area contributed by atoms with E-state index in [4.69, 9.17) is 18.9 Å². The third-order valence-electron chi connectivity index (χ3n) is 12.0. The number of alkyl carbamates (subject to hydrolysis) is 1. The zero-order valence-electron chi connectivity index (χ0n) is 40.9. The summed E-state index contributed by atoms with van der Waals surface area (Å²) >= 11 is 0. The molecule has 3 N–H and O–H groups in total. The first-order chi connectivity index (χ1) is 29.0. The lowest BCUT2D eigenvalue weighted by atomic mass is 9.89. The van der Waals surface area contributed by atoms with Crippen molar-refractivity contribution in [3.8, 4) is 5.75 Å². The number of likely N-dealkylation sites (tertiary alicyclic amines) is 1. The van der Waals surface area contributed by atoms with Crippen molar-refractivity contribution in [2.75, 3.05) is 59.8 Å². The third kappa shape index (κ3) is 15.7. The molecule has 0 radical (unpaired) electrons. The predicted octanol–water partition coefficient (Wildman–Crippen LogP) is 6.26. The van der Waals surface area contributed by atoms with Crippen molar-refractivity contribution in [1.29, 1.82) is 0 Å². The van der Waals surface area contributed by atoms with Crippen molar-refractivity contribution in [3.63, 3.8) is 0 Å². The first-order valence-electron chi connectivity index (χ1n) is 22.7. The molecule has 62 heavy (non-hydrogen) atoms. The molecular weight excluding hydrogens is 793 g/mol. The van der Waals surface area contributed by atoms with E-state index in [2.05, 4.69) is 36.7 Å². The van der Waals surface area contributed by atoms with Crippen molar-refractivity contribution in [2.45, 2.75) is 157 Å². The molecule has 1 heterocycles. The Morgan fingerprint density at radius 2 is 1.60 bits per heavy atom. The molecule has 0 spiro atoms. The number of ether oxygens (including phenoxy) is 4. The number of methoxy groups -OCH3 is 2. The molecule has 15 heteroatoms. The van der Waals surface area contributed by atoms with Crippen LogP contribution in [-0.4, -0.2) is 141 Å². The number of aryl methyl sites for hydroxylation is 1. The van der Waals surface area contributed by atoms with Crippen LogP contribution in [0.15, 0.2) is 18.2 Å². The third-order valence-corrected chi connectivity index (χ3v) is 12.0. The summed E-state index contributed by atoms with van der Waals surface area (Å²) in [5, 5.41) is 9.29. The molecule has 0 bridgehead atoms. The maximum absolute atomic E-state index is 14.5.